The van der Waals surface area contributed by atoms with Gasteiger partial charge in [-0.3, -0.25) is 10.1 Å². The van der Waals surface area contributed by atoms with E-state index in [-0.39, 0.29) is 22.9 Å². The Hall–Kier alpha value is -2.37. The molecule has 170 valence electrons. The van der Waals surface area contributed by atoms with Gasteiger partial charge in [0.1, 0.15) is 27.3 Å². The number of nitrogens with zero attached hydrogens (tertiary/aromatic N) is 2. The number of hydrogen-bond donors (Lipinski definition) is 1. The van der Waals surface area contributed by atoms with E-state index < -0.39 is 27.6 Å². The van der Waals surface area contributed by atoms with Crippen LogP contribution in [-0.2, 0) is 22.3 Å². The molecule has 8 nitrogen and oxygen atoms in total. The first-order valence-electron chi connectivity index (χ1n) is 9.04. The molecule has 11 heteroatoms. The summed E-state index contributed by atoms with van der Waals surface area (Å²) in [5, 5.41) is 13.2. The zero-order valence-electron chi connectivity index (χ0n) is 17.8. The van der Waals surface area contributed by atoms with Crippen molar-refractivity contribution in [3.05, 3.63) is 68.4 Å². The first-order chi connectivity index (χ1) is 14.3. The second-order valence-corrected chi connectivity index (χ2v) is 10.0. The summed E-state index contributed by atoms with van der Waals surface area (Å²) in [5.74, 6) is -0.347. The average molecular weight is 518 g/mol. The van der Waals surface area contributed by atoms with E-state index in [0.717, 1.165) is 0 Å². The van der Waals surface area contributed by atoms with Crippen molar-refractivity contribution >= 4 is 38.7 Å². The van der Waals surface area contributed by atoms with Gasteiger partial charge in [-0.15, -0.1) is 0 Å². The molecule has 0 aliphatic carbocycles. The lowest BCUT2D eigenvalue weighted by Crippen LogP contribution is -2.32. The molecule has 2 aromatic rings. The van der Waals surface area contributed by atoms with Crippen molar-refractivity contribution in [2.45, 2.75) is 37.8 Å². The number of carbonyl (C=O) groups is 1. The molecular weight excluding hydrogens is 493 g/mol. The fraction of sp³-hybridized carbons (Fsp3) is 0.350. The molecule has 0 radical (unpaired) electrons. The molecule has 0 aliphatic rings. The second-order valence-electron chi connectivity index (χ2n) is 7.42. The zero-order chi connectivity index (χ0) is 23.8. The summed E-state index contributed by atoms with van der Waals surface area (Å²) < 4.78 is 31.8. The van der Waals surface area contributed by atoms with Gasteiger partial charge in [-0.1, -0.05) is 28.1 Å². The third kappa shape index (κ3) is 9.99. The van der Waals surface area contributed by atoms with Crippen LogP contribution in [0.4, 0.5) is 14.9 Å². The maximum Gasteiger partial charge on any atom is 0.407 e. The average Bonchev–Trinajstić information content (AvgIpc) is 2.64. The Kier molecular flexibility index (Phi) is 10.2. The molecule has 0 heterocycles. The Labute approximate surface area is 191 Å². The van der Waals surface area contributed by atoms with Crippen LogP contribution in [0.1, 0.15) is 26.3 Å². The van der Waals surface area contributed by atoms with Crippen molar-refractivity contribution in [3.8, 4) is 0 Å². The lowest BCUT2D eigenvalue weighted by molar-refractivity contribution is -0.387. The molecular formula is C20H25BrFN3O5S. The standard InChI is InChI=1S/C12H15BrFNO2.C8H10N2O3S/c1-12(2,3)17-11(16)15-7-8-4-9(13)6-10(14)5-8;1-9(2)14(13)8-6-4-3-5-7(8)10(11)12/h4-6H,7H2,1-3H3,(H,15,16);3-6H,1-2H3. The van der Waals surface area contributed by atoms with Crippen LogP contribution in [0.3, 0.4) is 0 Å². The van der Waals surface area contributed by atoms with Crippen LogP contribution >= 0.6 is 15.9 Å². The number of amides is 1. The molecule has 0 spiro atoms. The molecule has 0 fully saturated rings. The van der Waals surface area contributed by atoms with E-state index in [2.05, 4.69) is 21.2 Å². The van der Waals surface area contributed by atoms with Crippen molar-refractivity contribution in [3.63, 3.8) is 0 Å². The predicted octanol–water partition coefficient (Wildman–Crippen LogP) is 4.79. The number of rotatable bonds is 5. The quantitative estimate of drug-likeness (QED) is 0.453. The van der Waals surface area contributed by atoms with Gasteiger partial charge in [-0.25, -0.2) is 17.7 Å². The van der Waals surface area contributed by atoms with Gasteiger partial charge in [-0.05, 0) is 64.7 Å². The molecule has 1 atom stereocenters. The van der Waals surface area contributed by atoms with Crippen LogP contribution in [0.5, 0.6) is 0 Å². The maximum absolute atomic E-state index is 13.0. The second kappa shape index (κ2) is 11.9. The van der Waals surface area contributed by atoms with Crippen LogP contribution in [-0.4, -0.2) is 39.2 Å². The topological polar surface area (TPSA) is 102 Å². The third-order valence-electron chi connectivity index (χ3n) is 3.34. The number of nitro groups is 1. The number of ether oxygens (including phenoxy) is 1. The minimum atomic E-state index is -1.48. The van der Waals surface area contributed by atoms with Crippen molar-refractivity contribution in [2.75, 3.05) is 14.1 Å². The van der Waals surface area contributed by atoms with Gasteiger partial charge in [-0.2, -0.15) is 0 Å². The van der Waals surface area contributed by atoms with E-state index in [1.165, 1.54) is 28.6 Å². The van der Waals surface area contributed by atoms with E-state index in [9.17, 15) is 23.5 Å². The van der Waals surface area contributed by atoms with E-state index in [1.807, 2.05) is 0 Å². The van der Waals surface area contributed by atoms with E-state index in [1.54, 1.807) is 53.1 Å². The van der Waals surface area contributed by atoms with Gasteiger partial charge in [0.15, 0.2) is 0 Å². The van der Waals surface area contributed by atoms with E-state index in [0.29, 0.717) is 10.0 Å². The SMILES string of the molecule is CC(C)(C)OC(=O)NCc1cc(F)cc(Br)c1.CN(C)S(=O)c1ccccc1[N+](=O)[O-]. The molecule has 0 saturated carbocycles. The highest BCUT2D eigenvalue weighted by molar-refractivity contribution is 9.10. The molecule has 0 aliphatic heterocycles. The molecule has 1 amide bonds. The summed E-state index contributed by atoms with van der Waals surface area (Å²) >= 11 is 3.18. The Morgan fingerprint density at radius 3 is 2.39 bits per heavy atom. The Morgan fingerprint density at radius 2 is 1.87 bits per heavy atom. The maximum atomic E-state index is 13.0. The van der Waals surface area contributed by atoms with Crippen molar-refractivity contribution in [1.82, 2.24) is 9.62 Å². The van der Waals surface area contributed by atoms with Crippen molar-refractivity contribution in [2.24, 2.45) is 0 Å². The van der Waals surface area contributed by atoms with Gasteiger partial charge in [0.05, 0.1) is 4.92 Å². The molecule has 31 heavy (non-hydrogen) atoms. The lowest BCUT2D eigenvalue weighted by Gasteiger charge is -2.19. The van der Waals surface area contributed by atoms with Crippen LogP contribution in [0.15, 0.2) is 51.8 Å². The molecule has 0 aromatic heterocycles. The number of hydrogen-bond acceptors (Lipinski definition) is 5. The van der Waals surface area contributed by atoms with Crippen molar-refractivity contribution < 1.29 is 23.1 Å². The fourth-order valence-electron chi connectivity index (χ4n) is 2.15. The van der Waals surface area contributed by atoms with Crippen LogP contribution in [0.2, 0.25) is 0 Å². The van der Waals surface area contributed by atoms with Crippen LogP contribution < -0.4 is 5.32 Å². The van der Waals surface area contributed by atoms with Crippen LogP contribution in [0, 0.1) is 15.9 Å². The molecule has 1 N–H and O–H groups in total. The lowest BCUT2D eigenvalue weighted by atomic mass is 10.2. The summed E-state index contributed by atoms with van der Waals surface area (Å²) in [7, 11) is 1.73. The number of nitro benzene ring substituents is 1. The first kappa shape index (κ1) is 26.7. The minimum absolute atomic E-state index is 0.112. The normalized spacial score (nSPS) is 11.9. The smallest absolute Gasteiger partial charge is 0.407 e. The number of halogens is 2. The largest absolute Gasteiger partial charge is 0.444 e. The number of benzene rings is 2. The minimum Gasteiger partial charge on any atom is -0.444 e. The highest BCUT2D eigenvalue weighted by Gasteiger charge is 2.19. The van der Waals surface area contributed by atoms with Gasteiger partial charge >= 0.3 is 6.09 Å². The Morgan fingerprint density at radius 1 is 1.26 bits per heavy atom. The zero-order valence-corrected chi connectivity index (χ0v) is 20.3. The van der Waals surface area contributed by atoms with Gasteiger partial charge < -0.3 is 10.1 Å². The van der Waals surface area contributed by atoms with Crippen molar-refractivity contribution in [1.29, 1.82) is 0 Å². The predicted molar refractivity (Wildman–Crippen MR) is 120 cm³/mol. The Balaban J connectivity index is 0.000000316. The molecule has 0 bridgehead atoms. The highest BCUT2D eigenvalue weighted by atomic mass is 79.9. The first-order valence-corrected chi connectivity index (χ1v) is 10.9. The Bertz CT molecular complexity index is 930. The summed E-state index contributed by atoms with van der Waals surface area (Å²) in [6, 6.07) is 10.5. The number of para-hydroxylation sites is 1. The van der Waals surface area contributed by atoms with Gasteiger partial charge in [0.2, 0.25) is 0 Å². The highest BCUT2D eigenvalue weighted by Crippen LogP contribution is 2.22. The van der Waals surface area contributed by atoms with Gasteiger partial charge in [0.25, 0.3) is 5.69 Å². The third-order valence-corrected chi connectivity index (χ3v) is 5.18. The van der Waals surface area contributed by atoms with Gasteiger partial charge in [0, 0.05) is 17.1 Å². The molecule has 2 aromatic carbocycles. The summed E-state index contributed by atoms with van der Waals surface area (Å²) in [6.07, 6.45) is -0.516. The number of nitrogens with one attached hydrogen (secondary N) is 1. The van der Waals surface area contributed by atoms with E-state index >= 15 is 0 Å². The summed E-state index contributed by atoms with van der Waals surface area (Å²) in [4.78, 5) is 21.7. The van der Waals surface area contributed by atoms with E-state index in [4.69, 9.17) is 4.74 Å². The molecule has 1 unspecified atom stereocenters. The monoisotopic (exact) mass is 517 g/mol. The molecule has 0 saturated heterocycles. The van der Waals surface area contributed by atoms with Crippen LogP contribution in [0.25, 0.3) is 0 Å². The number of alkyl carbamates (subject to hydrolysis) is 1. The summed E-state index contributed by atoms with van der Waals surface area (Å²) in [6.45, 7) is 5.58. The fourth-order valence-corrected chi connectivity index (χ4v) is 3.58. The number of carbonyl (C=O) groups excluding carboxylic acids is 1. The molecule has 2 rings (SSSR count). The summed E-state index contributed by atoms with van der Waals surface area (Å²) in [5.41, 5.74) is 0.0225.